The van der Waals surface area contributed by atoms with E-state index < -0.39 is 12.0 Å². The normalized spacial score (nSPS) is 16.8. The lowest BCUT2D eigenvalue weighted by atomic mass is 10.2. The van der Waals surface area contributed by atoms with Crippen molar-refractivity contribution in [2.75, 3.05) is 6.54 Å². The molecule has 9 heteroatoms. The second-order valence-corrected chi connectivity index (χ2v) is 6.55. The lowest BCUT2D eigenvalue weighted by Gasteiger charge is -2.21. The first kappa shape index (κ1) is 16.5. The van der Waals surface area contributed by atoms with Gasteiger partial charge in [0.1, 0.15) is 6.04 Å². The molecule has 1 aliphatic heterocycles. The fourth-order valence-electron chi connectivity index (χ4n) is 2.85. The molecule has 0 spiro atoms. The second-order valence-electron chi connectivity index (χ2n) is 5.77. The van der Waals surface area contributed by atoms with Crippen LogP contribution in [-0.4, -0.2) is 39.5 Å². The van der Waals surface area contributed by atoms with Gasteiger partial charge < -0.3 is 18.6 Å². The molecule has 0 aliphatic carbocycles. The third-order valence-corrected chi connectivity index (χ3v) is 4.79. The maximum absolute atomic E-state index is 12.4. The van der Waals surface area contributed by atoms with E-state index in [9.17, 15) is 9.59 Å². The molecule has 0 bridgehead atoms. The Morgan fingerprint density at radius 2 is 2.31 bits per heavy atom. The average Bonchev–Trinajstić information content (AvgIpc) is 3.44. The number of ether oxygens (including phenoxy) is 1. The molecule has 1 aliphatic rings. The van der Waals surface area contributed by atoms with Crippen molar-refractivity contribution in [3.63, 3.8) is 0 Å². The van der Waals surface area contributed by atoms with E-state index in [1.807, 2.05) is 16.8 Å². The number of aromatic nitrogens is 2. The number of nitrogens with zero attached hydrogens (tertiary/aromatic N) is 3. The summed E-state index contributed by atoms with van der Waals surface area (Å²) in [5.74, 6) is 0.0703. The number of rotatable bonds is 5. The van der Waals surface area contributed by atoms with Crippen LogP contribution in [-0.2, 0) is 16.1 Å². The van der Waals surface area contributed by atoms with Crippen LogP contribution in [0.25, 0.3) is 11.4 Å². The van der Waals surface area contributed by atoms with Crippen molar-refractivity contribution in [1.82, 2.24) is 15.0 Å². The number of amides is 1. The zero-order valence-electron chi connectivity index (χ0n) is 13.7. The molecular formula is C17H15N3O5S. The first-order valence-corrected chi connectivity index (χ1v) is 9.03. The van der Waals surface area contributed by atoms with Crippen LogP contribution in [0.1, 0.15) is 29.3 Å². The number of furan rings is 1. The van der Waals surface area contributed by atoms with Gasteiger partial charge in [-0.1, -0.05) is 5.16 Å². The van der Waals surface area contributed by atoms with Gasteiger partial charge in [0.05, 0.1) is 6.26 Å². The van der Waals surface area contributed by atoms with Crippen molar-refractivity contribution >= 4 is 23.2 Å². The highest BCUT2D eigenvalue weighted by Gasteiger charge is 2.36. The fraction of sp³-hybridized carbons (Fsp3) is 0.294. The summed E-state index contributed by atoms with van der Waals surface area (Å²) >= 11 is 1.53. The van der Waals surface area contributed by atoms with Crippen LogP contribution >= 0.6 is 11.3 Å². The molecule has 0 N–H and O–H groups in total. The molecule has 134 valence electrons. The van der Waals surface area contributed by atoms with Crippen molar-refractivity contribution in [2.24, 2.45) is 0 Å². The maximum atomic E-state index is 12.4. The van der Waals surface area contributed by atoms with E-state index in [-0.39, 0.29) is 24.2 Å². The quantitative estimate of drug-likeness (QED) is 0.634. The molecule has 1 amide bonds. The van der Waals surface area contributed by atoms with Gasteiger partial charge >= 0.3 is 5.97 Å². The summed E-state index contributed by atoms with van der Waals surface area (Å²) < 4.78 is 15.5. The average molecular weight is 373 g/mol. The Morgan fingerprint density at radius 3 is 3.08 bits per heavy atom. The topological polar surface area (TPSA) is 98.7 Å². The van der Waals surface area contributed by atoms with Gasteiger partial charge in [0.25, 0.3) is 11.8 Å². The minimum absolute atomic E-state index is 0.130. The van der Waals surface area contributed by atoms with E-state index in [0.717, 1.165) is 12.0 Å². The Balaban J connectivity index is 1.38. The molecule has 1 atom stereocenters. The van der Waals surface area contributed by atoms with Gasteiger partial charge in [-0.25, -0.2) is 4.79 Å². The van der Waals surface area contributed by atoms with Gasteiger partial charge in [0.2, 0.25) is 5.82 Å². The highest BCUT2D eigenvalue weighted by atomic mass is 32.1. The Labute approximate surface area is 152 Å². The van der Waals surface area contributed by atoms with E-state index in [0.29, 0.717) is 18.8 Å². The first-order valence-electron chi connectivity index (χ1n) is 8.08. The van der Waals surface area contributed by atoms with Crippen molar-refractivity contribution in [3.05, 3.63) is 46.9 Å². The highest BCUT2D eigenvalue weighted by Crippen LogP contribution is 2.22. The highest BCUT2D eigenvalue weighted by molar-refractivity contribution is 7.08. The molecule has 0 saturated carbocycles. The molecule has 4 rings (SSSR count). The van der Waals surface area contributed by atoms with Crippen molar-refractivity contribution in [1.29, 1.82) is 0 Å². The third kappa shape index (κ3) is 3.25. The number of hydrogen-bond donors (Lipinski definition) is 0. The van der Waals surface area contributed by atoms with E-state index in [4.69, 9.17) is 13.7 Å². The zero-order chi connectivity index (χ0) is 17.9. The summed E-state index contributed by atoms with van der Waals surface area (Å²) in [5, 5.41) is 7.68. The van der Waals surface area contributed by atoms with E-state index in [1.54, 1.807) is 12.1 Å². The van der Waals surface area contributed by atoms with Crippen LogP contribution in [0, 0.1) is 0 Å². The number of carbonyl (C=O) groups is 2. The molecular weight excluding hydrogens is 358 g/mol. The number of thiophene rings is 1. The predicted octanol–water partition coefficient (Wildman–Crippen LogP) is 2.74. The minimum atomic E-state index is -0.633. The predicted molar refractivity (Wildman–Crippen MR) is 90.2 cm³/mol. The van der Waals surface area contributed by atoms with E-state index in [2.05, 4.69) is 10.1 Å². The van der Waals surface area contributed by atoms with Gasteiger partial charge in [-0.3, -0.25) is 4.79 Å². The smallest absolute Gasteiger partial charge is 0.329 e. The molecule has 1 saturated heterocycles. The van der Waals surface area contributed by atoms with Gasteiger partial charge in [-0.2, -0.15) is 16.3 Å². The van der Waals surface area contributed by atoms with Gasteiger partial charge in [0, 0.05) is 17.5 Å². The molecule has 3 aromatic rings. The van der Waals surface area contributed by atoms with Crippen molar-refractivity contribution in [2.45, 2.75) is 25.5 Å². The summed E-state index contributed by atoms with van der Waals surface area (Å²) in [6.45, 7) is 0.359. The molecule has 3 aromatic heterocycles. The van der Waals surface area contributed by atoms with Crippen LogP contribution in [0.3, 0.4) is 0 Å². The zero-order valence-corrected chi connectivity index (χ0v) is 14.5. The minimum Gasteiger partial charge on any atom is -0.459 e. The molecule has 0 unspecified atom stereocenters. The number of carbonyl (C=O) groups excluding carboxylic acids is 2. The molecule has 0 aromatic carbocycles. The lowest BCUT2D eigenvalue weighted by Crippen LogP contribution is -2.41. The van der Waals surface area contributed by atoms with Crippen LogP contribution in [0.5, 0.6) is 0 Å². The summed E-state index contributed by atoms with van der Waals surface area (Å²) in [6.07, 6.45) is 2.71. The van der Waals surface area contributed by atoms with Crippen LogP contribution in [0.2, 0.25) is 0 Å². The summed E-state index contributed by atoms with van der Waals surface area (Å²) in [4.78, 5) is 30.5. The summed E-state index contributed by atoms with van der Waals surface area (Å²) in [6, 6.07) is 4.46. The fourth-order valence-corrected chi connectivity index (χ4v) is 3.48. The summed E-state index contributed by atoms with van der Waals surface area (Å²) in [5.41, 5.74) is 0.849. The van der Waals surface area contributed by atoms with E-state index in [1.165, 1.54) is 22.5 Å². The van der Waals surface area contributed by atoms with Crippen LogP contribution in [0.15, 0.2) is 44.2 Å². The Kier molecular flexibility index (Phi) is 4.53. The number of likely N-dealkylation sites (tertiary alicyclic amines) is 1. The number of hydrogen-bond acceptors (Lipinski definition) is 8. The summed E-state index contributed by atoms with van der Waals surface area (Å²) in [7, 11) is 0. The van der Waals surface area contributed by atoms with Gasteiger partial charge in [-0.15, -0.1) is 0 Å². The molecule has 26 heavy (non-hydrogen) atoms. The molecule has 0 radical (unpaired) electrons. The van der Waals surface area contributed by atoms with Crippen molar-refractivity contribution < 1.29 is 23.3 Å². The van der Waals surface area contributed by atoms with Gasteiger partial charge in [0.15, 0.2) is 12.4 Å². The standard InChI is InChI=1S/C17H15N3O5S/c21-16(13-4-2-7-23-13)20-6-1-3-12(20)17(22)24-9-14-18-15(19-25-14)11-5-8-26-10-11/h2,4-5,7-8,10,12H,1,3,6,9H2/t12-/m0/s1. The molecule has 8 nitrogen and oxygen atoms in total. The van der Waals surface area contributed by atoms with Crippen LogP contribution < -0.4 is 0 Å². The Hall–Kier alpha value is -2.94. The Bertz CT molecular complexity index is 888. The SMILES string of the molecule is O=C(OCc1nc(-c2ccsc2)no1)[C@@H]1CCCN1C(=O)c1ccco1. The van der Waals surface area contributed by atoms with Crippen molar-refractivity contribution in [3.8, 4) is 11.4 Å². The number of esters is 1. The van der Waals surface area contributed by atoms with E-state index >= 15 is 0 Å². The Morgan fingerprint density at radius 1 is 1.38 bits per heavy atom. The molecule has 1 fully saturated rings. The van der Waals surface area contributed by atoms with Gasteiger partial charge in [-0.05, 0) is 36.4 Å². The largest absolute Gasteiger partial charge is 0.459 e. The second kappa shape index (κ2) is 7.12. The van der Waals surface area contributed by atoms with Crippen LogP contribution in [0.4, 0.5) is 0 Å². The molecule has 4 heterocycles. The first-order chi connectivity index (χ1) is 12.7. The maximum Gasteiger partial charge on any atom is 0.329 e. The third-order valence-electron chi connectivity index (χ3n) is 4.10. The monoisotopic (exact) mass is 373 g/mol. The lowest BCUT2D eigenvalue weighted by molar-refractivity contribution is -0.150.